The molecule has 10 heteroatoms. The highest BCUT2D eigenvalue weighted by Crippen LogP contribution is 2.32. The first kappa shape index (κ1) is 18.3. The van der Waals surface area contributed by atoms with Gasteiger partial charge in [0.05, 0.1) is 12.9 Å². The van der Waals surface area contributed by atoms with E-state index < -0.39 is 31.1 Å². The van der Waals surface area contributed by atoms with E-state index in [0.29, 0.717) is 23.5 Å². The topological polar surface area (TPSA) is 126 Å². The third kappa shape index (κ3) is 3.42. The van der Waals surface area contributed by atoms with Crippen LogP contribution in [0.25, 0.3) is 11.2 Å². The molecule has 1 aliphatic rings. The molecule has 4 N–H and O–H groups in total. The Morgan fingerprint density at radius 2 is 1.89 bits per heavy atom. The molecule has 0 bridgehead atoms. The molecule has 3 heterocycles. The van der Waals surface area contributed by atoms with Crippen LogP contribution < -0.4 is 5.32 Å². The standard InChI is InChI=1S/C17H18BrN5O4/c18-10-3-1-9(2-4-10)5-19-15-12-16(21-7-20-15)23(8-22-12)17-14(26)13(25)11(6-24)27-17/h1-4,7-8,11,13-14,17,24-26H,5-6H2,(H,19,20,21)/t11-,13-,14-,17-/m1/s1. The molecule has 1 saturated heterocycles. The van der Waals surface area contributed by atoms with Gasteiger partial charge in [0.15, 0.2) is 23.2 Å². The number of hydrogen-bond acceptors (Lipinski definition) is 8. The van der Waals surface area contributed by atoms with Gasteiger partial charge in [-0.1, -0.05) is 28.1 Å². The van der Waals surface area contributed by atoms with Crippen LogP contribution in [0.5, 0.6) is 0 Å². The van der Waals surface area contributed by atoms with Crippen molar-refractivity contribution in [2.45, 2.75) is 31.1 Å². The molecule has 4 atom stereocenters. The summed E-state index contributed by atoms with van der Waals surface area (Å²) in [5.41, 5.74) is 2.05. The number of hydrogen-bond donors (Lipinski definition) is 4. The van der Waals surface area contributed by atoms with Crippen LogP contribution in [0.1, 0.15) is 11.8 Å². The quantitative estimate of drug-likeness (QED) is 0.463. The van der Waals surface area contributed by atoms with E-state index in [9.17, 15) is 15.3 Å². The monoisotopic (exact) mass is 435 g/mol. The second kappa shape index (κ2) is 7.49. The van der Waals surface area contributed by atoms with Crippen LogP contribution in [0.15, 0.2) is 41.4 Å². The van der Waals surface area contributed by atoms with E-state index in [1.54, 1.807) is 0 Å². The SMILES string of the molecule is OC[C@H]1O[C@@H](n2cnc3c(NCc4ccc(Br)cc4)ncnc32)[C@H](O)[C@@H]1O. The number of aliphatic hydroxyl groups excluding tert-OH is 3. The fraction of sp³-hybridized carbons (Fsp3) is 0.353. The van der Waals surface area contributed by atoms with Gasteiger partial charge in [0.25, 0.3) is 0 Å². The van der Waals surface area contributed by atoms with E-state index in [0.717, 1.165) is 10.0 Å². The lowest BCUT2D eigenvalue weighted by Crippen LogP contribution is -2.33. The van der Waals surface area contributed by atoms with Gasteiger partial charge in [-0.3, -0.25) is 4.57 Å². The fourth-order valence-electron chi connectivity index (χ4n) is 3.07. The Balaban J connectivity index is 1.59. The molecule has 2 aromatic heterocycles. The van der Waals surface area contributed by atoms with Gasteiger partial charge in [0, 0.05) is 11.0 Å². The van der Waals surface area contributed by atoms with Crippen molar-refractivity contribution >= 4 is 32.9 Å². The Morgan fingerprint density at radius 3 is 2.59 bits per heavy atom. The molecule has 4 rings (SSSR count). The lowest BCUT2D eigenvalue weighted by Gasteiger charge is -2.16. The van der Waals surface area contributed by atoms with E-state index in [2.05, 4.69) is 36.2 Å². The van der Waals surface area contributed by atoms with E-state index in [4.69, 9.17) is 4.74 Å². The number of aliphatic hydroxyl groups is 3. The van der Waals surface area contributed by atoms with Gasteiger partial charge < -0.3 is 25.4 Å². The average molecular weight is 436 g/mol. The minimum Gasteiger partial charge on any atom is -0.394 e. The summed E-state index contributed by atoms with van der Waals surface area (Å²) < 4.78 is 8.10. The van der Waals surface area contributed by atoms with Crippen LogP contribution in [0.3, 0.4) is 0 Å². The van der Waals surface area contributed by atoms with Crippen molar-refractivity contribution in [2.75, 3.05) is 11.9 Å². The summed E-state index contributed by atoms with van der Waals surface area (Å²) >= 11 is 3.41. The molecule has 1 fully saturated rings. The van der Waals surface area contributed by atoms with Crippen molar-refractivity contribution in [3.8, 4) is 0 Å². The Morgan fingerprint density at radius 1 is 1.11 bits per heavy atom. The zero-order valence-corrected chi connectivity index (χ0v) is 15.7. The summed E-state index contributed by atoms with van der Waals surface area (Å²) in [5.74, 6) is 0.549. The number of nitrogens with one attached hydrogen (secondary N) is 1. The second-order valence-electron chi connectivity index (χ2n) is 6.26. The normalized spacial score (nSPS) is 25.2. The third-order valence-corrected chi connectivity index (χ3v) is 5.05. The zero-order chi connectivity index (χ0) is 19.0. The van der Waals surface area contributed by atoms with Crippen LogP contribution in [0.2, 0.25) is 0 Å². The summed E-state index contributed by atoms with van der Waals surface area (Å²) in [6, 6.07) is 7.91. The molecular weight excluding hydrogens is 418 g/mol. The van der Waals surface area contributed by atoms with Gasteiger partial charge in [-0.15, -0.1) is 0 Å². The molecule has 0 saturated carbocycles. The Labute approximate surface area is 162 Å². The number of benzene rings is 1. The first-order valence-corrected chi connectivity index (χ1v) is 9.16. The van der Waals surface area contributed by atoms with Gasteiger partial charge in [-0.2, -0.15) is 0 Å². The summed E-state index contributed by atoms with van der Waals surface area (Å²) in [6.07, 6.45) is -1.27. The number of rotatable bonds is 5. The van der Waals surface area contributed by atoms with Crippen LogP contribution in [-0.2, 0) is 11.3 Å². The lowest BCUT2D eigenvalue weighted by molar-refractivity contribution is -0.0511. The molecule has 0 spiro atoms. The molecule has 3 aromatic rings. The first-order chi connectivity index (χ1) is 13.1. The number of ether oxygens (including phenoxy) is 1. The molecule has 1 aliphatic heterocycles. The first-order valence-electron chi connectivity index (χ1n) is 8.37. The van der Waals surface area contributed by atoms with Crippen molar-refractivity contribution in [1.29, 1.82) is 0 Å². The van der Waals surface area contributed by atoms with Gasteiger partial charge in [-0.05, 0) is 17.7 Å². The van der Waals surface area contributed by atoms with Crippen molar-refractivity contribution in [3.05, 3.63) is 47.0 Å². The predicted octanol–water partition coefficient (Wildman–Crippen LogP) is 0.812. The Bertz CT molecular complexity index is 935. The minimum absolute atomic E-state index is 0.393. The highest BCUT2D eigenvalue weighted by atomic mass is 79.9. The molecule has 0 unspecified atom stereocenters. The van der Waals surface area contributed by atoms with E-state index >= 15 is 0 Å². The molecule has 0 amide bonds. The van der Waals surface area contributed by atoms with Crippen LogP contribution >= 0.6 is 15.9 Å². The number of nitrogens with zero attached hydrogens (tertiary/aromatic N) is 4. The summed E-state index contributed by atoms with van der Waals surface area (Å²) in [7, 11) is 0. The largest absolute Gasteiger partial charge is 0.394 e. The maximum Gasteiger partial charge on any atom is 0.167 e. The molecule has 0 aliphatic carbocycles. The zero-order valence-electron chi connectivity index (χ0n) is 14.1. The lowest BCUT2D eigenvalue weighted by atomic mass is 10.1. The van der Waals surface area contributed by atoms with Crippen molar-refractivity contribution in [1.82, 2.24) is 19.5 Å². The summed E-state index contributed by atoms with van der Waals surface area (Å²) in [5, 5.41) is 32.7. The smallest absolute Gasteiger partial charge is 0.167 e. The summed E-state index contributed by atoms with van der Waals surface area (Å²) in [4.78, 5) is 12.8. The van der Waals surface area contributed by atoms with Gasteiger partial charge in [0.2, 0.25) is 0 Å². The number of anilines is 1. The van der Waals surface area contributed by atoms with Crippen LogP contribution in [0, 0.1) is 0 Å². The Hall–Kier alpha value is -2.11. The van der Waals surface area contributed by atoms with Gasteiger partial charge in [-0.25, -0.2) is 15.0 Å². The second-order valence-corrected chi connectivity index (χ2v) is 7.17. The molecule has 27 heavy (non-hydrogen) atoms. The van der Waals surface area contributed by atoms with E-state index in [-0.39, 0.29) is 0 Å². The maximum absolute atomic E-state index is 10.2. The highest BCUT2D eigenvalue weighted by molar-refractivity contribution is 9.10. The number of imidazole rings is 1. The number of halogens is 1. The van der Waals surface area contributed by atoms with Crippen molar-refractivity contribution < 1.29 is 20.1 Å². The molecular formula is C17H18BrN5O4. The van der Waals surface area contributed by atoms with E-state index in [1.165, 1.54) is 17.2 Å². The van der Waals surface area contributed by atoms with Crippen molar-refractivity contribution in [3.63, 3.8) is 0 Å². The predicted molar refractivity (Wildman–Crippen MR) is 99.8 cm³/mol. The highest BCUT2D eigenvalue weighted by Gasteiger charge is 2.44. The van der Waals surface area contributed by atoms with Gasteiger partial charge >= 0.3 is 0 Å². The third-order valence-electron chi connectivity index (χ3n) is 4.52. The van der Waals surface area contributed by atoms with E-state index in [1.807, 2.05) is 24.3 Å². The minimum atomic E-state index is -1.20. The molecule has 142 valence electrons. The average Bonchev–Trinajstić information content (AvgIpc) is 3.23. The number of fused-ring (bicyclic) bond motifs is 1. The van der Waals surface area contributed by atoms with Crippen LogP contribution in [0.4, 0.5) is 5.82 Å². The van der Waals surface area contributed by atoms with Crippen molar-refractivity contribution in [2.24, 2.45) is 0 Å². The molecule has 0 radical (unpaired) electrons. The molecule has 1 aromatic carbocycles. The molecule has 9 nitrogen and oxygen atoms in total. The fourth-order valence-corrected chi connectivity index (χ4v) is 3.33. The van der Waals surface area contributed by atoms with Gasteiger partial charge in [0.1, 0.15) is 24.6 Å². The van der Waals surface area contributed by atoms with Crippen LogP contribution in [-0.4, -0.2) is 59.8 Å². The maximum atomic E-state index is 10.2. The summed E-state index contributed by atoms with van der Waals surface area (Å²) in [6.45, 7) is 0.163. The Kier molecular flexibility index (Phi) is 5.06. The number of aromatic nitrogens is 4.